The number of amides is 4. The first-order valence-corrected chi connectivity index (χ1v) is 11.5. The molecular weight excluding hydrogens is 504 g/mol. The summed E-state index contributed by atoms with van der Waals surface area (Å²) in [5, 5.41) is 45.3. The van der Waals surface area contributed by atoms with Gasteiger partial charge in [0, 0.05) is 5.75 Å². The Morgan fingerprint density at radius 3 is 1.58 bits per heavy atom. The first-order chi connectivity index (χ1) is 16.9. The third kappa shape index (κ3) is 12.1. The van der Waals surface area contributed by atoms with E-state index >= 15 is 0 Å². The van der Waals surface area contributed by atoms with E-state index in [4.69, 9.17) is 21.7 Å². The van der Waals surface area contributed by atoms with E-state index in [9.17, 15) is 39.0 Å². The van der Waals surface area contributed by atoms with Gasteiger partial charge in [-0.3, -0.25) is 24.0 Å². The molecule has 0 aromatic rings. The zero-order chi connectivity index (χ0) is 27.8. The van der Waals surface area contributed by atoms with Gasteiger partial charge in [0.15, 0.2) is 0 Å². The Labute approximate surface area is 211 Å². The van der Waals surface area contributed by atoms with E-state index in [0.29, 0.717) is 19.4 Å². The predicted molar refractivity (Wildman–Crippen MR) is 127 cm³/mol. The normalized spacial score (nSPS) is 14.9. The highest BCUT2D eigenvalue weighted by Crippen LogP contribution is 2.01. The molecule has 0 heterocycles. The van der Waals surface area contributed by atoms with Crippen LogP contribution in [-0.2, 0) is 28.8 Å². The van der Waals surface area contributed by atoms with Crippen molar-refractivity contribution in [3.63, 3.8) is 0 Å². The molecule has 0 aromatic carbocycles. The molecular formula is C19H34N6O10S. The van der Waals surface area contributed by atoms with Crippen LogP contribution in [0.25, 0.3) is 0 Å². The summed E-state index contributed by atoms with van der Waals surface area (Å²) in [7, 11) is 0. The minimum Gasteiger partial charge on any atom is -0.481 e. The Balaban J connectivity index is 5.32. The molecule has 36 heavy (non-hydrogen) atoms. The van der Waals surface area contributed by atoms with Gasteiger partial charge in [-0.25, -0.2) is 4.79 Å². The van der Waals surface area contributed by atoms with Gasteiger partial charge in [0.2, 0.25) is 23.6 Å². The Morgan fingerprint density at radius 2 is 1.17 bits per heavy atom. The quantitative estimate of drug-likeness (QED) is 0.0577. The number of hydrogen-bond acceptors (Lipinski definition) is 11. The van der Waals surface area contributed by atoms with Gasteiger partial charge in [-0.15, -0.1) is 0 Å². The van der Waals surface area contributed by atoms with Crippen molar-refractivity contribution in [2.75, 3.05) is 25.5 Å². The van der Waals surface area contributed by atoms with E-state index in [2.05, 4.69) is 23.3 Å². The van der Waals surface area contributed by atoms with Crippen LogP contribution in [0.1, 0.15) is 25.7 Å². The van der Waals surface area contributed by atoms with Crippen LogP contribution >= 0.6 is 12.6 Å². The molecule has 12 N–H and O–H groups in total. The zero-order valence-electron chi connectivity index (χ0n) is 19.4. The minimum absolute atomic E-state index is 0.257. The summed E-state index contributed by atoms with van der Waals surface area (Å²) in [5.41, 5.74) is 11.1. The van der Waals surface area contributed by atoms with Gasteiger partial charge in [-0.05, 0) is 19.4 Å². The van der Waals surface area contributed by atoms with Crippen LogP contribution in [-0.4, -0.2) is 112 Å². The predicted octanol–water partition coefficient (Wildman–Crippen LogP) is -5.14. The molecule has 0 rings (SSSR count). The maximum absolute atomic E-state index is 12.6. The van der Waals surface area contributed by atoms with Crippen molar-refractivity contribution in [3.05, 3.63) is 0 Å². The Kier molecular flexibility index (Phi) is 16.0. The van der Waals surface area contributed by atoms with Crippen LogP contribution in [0.15, 0.2) is 0 Å². The number of nitrogens with two attached hydrogens (primary N) is 2. The monoisotopic (exact) mass is 538 g/mol. The Bertz CT molecular complexity index is 786. The lowest BCUT2D eigenvalue weighted by Crippen LogP contribution is -2.60. The van der Waals surface area contributed by atoms with E-state index in [1.54, 1.807) is 0 Å². The lowest BCUT2D eigenvalue weighted by Gasteiger charge is -2.24. The van der Waals surface area contributed by atoms with Gasteiger partial charge in [0.25, 0.3) is 0 Å². The molecule has 0 radical (unpaired) electrons. The van der Waals surface area contributed by atoms with Crippen LogP contribution in [0.2, 0.25) is 0 Å². The lowest BCUT2D eigenvalue weighted by molar-refractivity contribution is -0.143. The van der Waals surface area contributed by atoms with Crippen molar-refractivity contribution < 1.29 is 49.2 Å². The van der Waals surface area contributed by atoms with Crippen molar-refractivity contribution in [2.24, 2.45) is 11.5 Å². The largest absolute Gasteiger partial charge is 0.481 e. The first kappa shape index (κ1) is 33.0. The molecule has 17 heteroatoms. The molecule has 4 amide bonds. The highest BCUT2D eigenvalue weighted by molar-refractivity contribution is 7.80. The average molecular weight is 539 g/mol. The summed E-state index contributed by atoms with van der Waals surface area (Å²) in [5.74, 6) is -7.44. The number of carboxylic acid groups (broad SMARTS) is 2. The fourth-order valence-electron chi connectivity index (χ4n) is 2.69. The van der Waals surface area contributed by atoms with Crippen molar-refractivity contribution in [1.29, 1.82) is 0 Å². The van der Waals surface area contributed by atoms with Crippen LogP contribution in [0.5, 0.6) is 0 Å². The molecule has 0 unspecified atom stereocenters. The number of carbonyl (C=O) groups excluding carboxylic acids is 4. The molecule has 0 spiro atoms. The van der Waals surface area contributed by atoms with Gasteiger partial charge in [-0.1, -0.05) is 6.42 Å². The lowest BCUT2D eigenvalue weighted by atomic mass is 10.1. The van der Waals surface area contributed by atoms with Crippen LogP contribution in [0.4, 0.5) is 0 Å². The molecule has 0 saturated carbocycles. The van der Waals surface area contributed by atoms with Crippen molar-refractivity contribution in [3.8, 4) is 0 Å². The SMILES string of the molecule is NCCCC[C@H](N)C(=O)N[C@@H](CO)C(=O)N[C@@H](CC(=O)O)C(=O)N[C@@H](CO)C(=O)N[C@@H](CS)C(=O)O. The Hall–Kier alpha value is -2.99. The summed E-state index contributed by atoms with van der Waals surface area (Å²) in [6.45, 7) is -1.49. The summed E-state index contributed by atoms with van der Waals surface area (Å²) in [6, 6.07) is -7.50. The second-order valence-electron chi connectivity index (χ2n) is 7.62. The highest BCUT2D eigenvalue weighted by atomic mass is 32.1. The second kappa shape index (κ2) is 17.4. The maximum atomic E-state index is 12.6. The second-order valence-corrected chi connectivity index (χ2v) is 7.98. The van der Waals surface area contributed by atoms with E-state index in [0.717, 1.165) is 0 Å². The third-order valence-electron chi connectivity index (χ3n) is 4.75. The number of unbranched alkanes of at least 4 members (excludes halogenated alkanes) is 1. The third-order valence-corrected chi connectivity index (χ3v) is 5.11. The fraction of sp³-hybridized carbons (Fsp3) is 0.684. The molecule has 0 bridgehead atoms. The number of carboxylic acids is 2. The number of aliphatic hydroxyl groups is 2. The smallest absolute Gasteiger partial charge is 0.327 e. The zero-order valence-corrected chi connectivity index (χ0v) is 20.3. The molecule has 0 aliphatic rings. The summed E-state index contributed by atoms with van der Waals surface area (Å²) in [4.78, 5) is 71.7. The van der Waals surface area contributed by atoms with E-state index in [-0.39, 0.29) is 12.2 Å². The van der Waals surface area contributed by atoms with E-state index in [1.807, 2.05) is 10.6 Å². The maximum Gasteiger partial charge on any atom is 0.327 e. The summed E-state index contributed by atoms with van der Waals surface area (Å²) >= 11 is 3.77. The number of nitrogens with one attached hydrogen (secondary N) is 4. The molecule has 0 aliphatic heterocycles. The molecule has 206 valence electrons. The van der Waals surface area contributed by atoms with Crippen molar-refractivity contribution >= 4 is 48.2 Å². The van der Waals surface area contributed by atoms with Gasteiger partial charge in [-0.2, -0.15) is 12.6 Å². The standard InChI is InChI=1S/C19H34N6O10S/c20-4-2-1-3-9(21)15(30)23-11(6-26)17(32)22-10(5-14(28)29)16(31)24-12(7-27)18(33)25-13(8-36)19(34)35/h9-13,26-27,36H,1-8,20-21H2,(H,22,32)(H,23,30)(H,24,31)(H,25,33)(H,28,29)(H,34,35)/t9-,10-,11-,12-,13-/m0/s1. The molecule has 0 fully saturated rings. The van der Waals surface area contributed by atoms with Gasteiger partial charge in [0.1, 0.15) is 24.2 Å². The number of carbonyl (C=O) groups is 6. The molecule has 0 aromatic heterocycles. The first-order valence-electron chi connectivity index (χ1n) is 10.9. The van der Waals surface area contributed by atoms with Gasteiger partial charge < -0.3 is 53.2 Å². The number of hydrogen-bond donors (Lipinski definition) is 11. The molecule has 0 saturated heterocycles. The Morgan fingerprint density at radius 1 is 0.722 bits per heavy atom. The summed E-state index contributed by atoms with van der Waals surface area (Å²) < 4.78 is 0. The number of rotatable bonds is 18. The summed E-state index contributed by atoms with van der Waals surface area (Å²) in [6.07, 6.45) is 0.460. The molecule has 16 nitrogen and oxygen atoms in total. The van der Waals surface area contributed by atoms with E-state index in [1.165, 1.54) is 0 Å². The van der Waals surface area contributed by atoms with Crippen LogP contribution in [0, 0.1) is 0 Å². The molecule has 0 aliphatic carbocycles. The van der Waals surface area contributed by atoms with Crippen LogP contribution < -0.4 is 32.7 Å². The van der Waals surface area contributed by atoms with Gasteiger partial charge >= 0.3 is 11.9 Å². The van der Waals surface area contributed by atoms with Crippen LogP contribution in [0.3, 0.4) is 0 Å². The topological polar surface area (TPSA) is 284 Å². The minimum atomic E-state index is -1.79. The van der Waals surface area contributed by atoms with Gasteiger partial charge in [0.05, 0.1) is 25.7 Å². The van der Waals surface area contributed by atoms with E-state index < -0.39 is 85.4 Å². The number of aliphatic carboxylic acids is 2. The average Bonchev–Trinajstić information content (AvgIpc) is 2.82. The van der Waals surface area contributed by atoms with Crippen molar-refractivity contribution in [2.45, 2.75) is 55.9 Å². The van der Waals surface area contributed by atoms with Crippen molar-refractivity contribution in [1.82, 2.24) is 21.3 Å². The molecule has 5 atom stereocenters. The number of aliphatic hydroxyl groups excluding tert-OH is 2. The fourth-order valence-corrected chi connectivity index (χ4v) is 2.94. The number of thiol groups is 1. The highest BCUT2D eigenvalue weighted by Gasteiger charge is 2.32.